The van der Waals surface area contributed by atoms with E-state index in [9.17, 15) is 4.79 Å². The average molecular weight is 206 g/mol. The maximum Gasteiger partial charge on any atom is 0.359 e. The summed E-state index contributed by atoms with van der Waals surface area (Å²) in [5, 5.41) is 3.26. The smallest absolute Gasteiger partial charge is 0.359 e. The Hall–Kier alpha value is -1.55. The summed E-state index contributed by atoms with van der Waals surface area (Å²) in [6, 6.07) is 7.32. The fourth-order valence-corrected chi connectivity index (χ4v) is 1.47. The lowest BCUT2D eigenvalue weighted by atomic mass is 10.1. The predicted molar refractivity (Wildman–Crippen MR) is 57.3 cm³/mol. The molecule has 2 N–H and O–H groups in total. The molecule has 0 amide bonds. The van der Waals surface area contributed by atoms with Gasteiger partial charge in [0.1, 0.15) is 5.66 Å². The van der Waals surface area contributed by atoms with Crippen LogP contribution in [-0.4, -0.2) is 11.6 Å². The number of para-hydroxylation sites is 1. The summed E-state index contributed by atoms with van der Waals surface area (Å²) in [4.78, 5) is 16.6. The number of hydrogen-bond donors (Lipinski definition) is 2. The van der Waals surface area contributed by atoms with Crippen LogP contribution in [0.15, 0.2) is 24.3 Å². The van der Waals surface area contributed by atoms with Gasteiger partial charge in [0.05, 0.1) is 11.3 Å². The number of hydrogen-bond acceptors (Lipinski definition) is 4. The van der Waals surface area contributed by atoms with Gasteiger partial charge in [-0.25, -0.2) is 4.79 Å². The van der Waals surface area contributed by atoms with Crippen LogP contribution in [-0.2, 0) is 4.84 Å². The summed E-state index contributed by atoms with van der Waals surface area (Å²) in [7, 11) is 0. The molecule has 0 aromatic heterocycles. The van der Waals surface area contributed by atoms with Crippen LogP contribution >= 0.6 is 0 Å². The van der Waals surface area contributed by atoms with Gasteiger partial charge in [-0.3, -0.25) is 0 Å². The van der Waals surface area contributed by atoms with E-state index in [4.69, 9.17) is 4.84 Å². The topological polar surface area (TPSA) is 50.4 Å². The van der Waals surface area contributed by atoms with Crippen molar-refractivity contribution in [3.05, 3.63) is 29.8 Å². The summed E-state index contributed by atoms with van der Waals surface area (Å²) in [6.45, 7) is 3.96. The fourth-order valence-electron chi connectivity index (χ4n) is 1.47. The number of benzene rings is 1. The summed E-state index contributed by atoms with van der Waals surface area (Å²) in [5.41, 5.74) is 3.69. The van der Waals surface area contributed by atoms with Crippen molar-refractivity contribution in [2.24, 2.45) is 0 Å². The third-order valence-corrected chi connectivity index (χ3v) is 2.63. The van der Waals surface area contributed by atoms with Gasteiger partial charge < -0.3 is 10.2 Å². The van der Waals surface area contributed by atoms with E-state index in [1.165, 1.54) is 0 Å². The molecule has 0 spiro atoms. The summed E-state index contributed by atoms with van der Waals surface area (Å²) >= 11 is 0. The summed E-state index contributed by atoms with van der Waals surface area (Å²) in [6.07, 6.45) is 0.800. The molecule has 1 aromatic rings. The highest BCUT2D eigenvalue weighted by Gasteiger charge is 2.29. The van der Waals surface area contributed by atoms with Crippen LogP contribution in [0.1, 0.15) is 30.6 Å². The van der Waals surface area contributed by atoms with Crippen molar-refractivity contribution in [3.63, 3.8) is 0 Å². The zero-order valence-corrected chi connectivity index (χ0v) is 8.83. The molecule has 15 heavy (non-hydrogen) atoms. The largest absolute Gasteiger partial charge is 0.364 e. The van der Waals surface area contributed by atoms with E-state index in [-0.39, 0.29) is 5.97 Å². The highest BCUT2D eigenvalue weighted by Crippen LogP contribution is 2.24. The Balaban J connectivity index is 2.42. The van der Waals surface area contributed by atoms with E-state index in [0.29, 0.717) is 5.56 Å². The molecule has 80 valence electrons. The molecule has 0 radical (unpaired) electrons. The van der Waals surface area contributed by atoms with E-state index in [1.807, 2.05) is 32.0 Å². The molecular formula is C11H14N2O2. The van der Waals surface area contributed by atoms with E-state index in [0.717, 1.165) is 12.1 Å². The van der Waals surface area contributed by atoms with E-state index >= 15 is 0 Å². The Bertz CT molecular complexity index is 392. The third-order valence-electron chi connectivity index (χ3n) is 2.63. The van der Waals surface area contributed by atoms with Gasteiger partial charge in [-0.2, -0.15) is 0 Å². The molecule has 1 aliphatic heterocycles. The third kappa shape index (κ3) is 1.80. The molecule has 1 aromatic carbocycles. The van der Waals surface area contributed by atoms with Gasteiger partial charge >= 0.3 is 5.97 Å². The second-order valence-corrected chi connectivity index (χ2v) is 3.85. The van der Waals surface area contributed by atoms with Crippen LogP contribution in [0.2, 0.25) is 0 Å². The minimum Gasteiger partial charge on any atom is -0.364 e. The molecular weight excluding hydrogens is 192 g/mol. The van der Waals surface area contributed by atoms with Crippen molar-refractivity contribution in [1.29, 1.82) is 0 Å². The Morgan fingerprint density at radius 2 is 2.13 bits per heavy atom. The van der Waals surface area contributed by atoms with Gasteiger partial charge in [-0.1, -0.05) is 19.1 Å². The van der Waals surface area contributed by atoms with Crippen LogP contribution in [0.5, 0.6) is 0 Å². The van der Waals surface area contributed by atoms with Crippen molar-refractivity contribution in [2.75, 3.05) is 5.32 Å². The maximum absolute atomic E-state index is 11.6. The van der Waals surface area contributed by atoms with Crippen LogP contribution in [0.3, 0.4) is 0 Å². The van der Waals surface area contributed by atoms with Crippen LogP contribution in [0.25, 0.3) is 0 Å². The summed E-state index contributed by atoms with van der Waals surface area (Å²) < 4.78 is 0. The Labute approximate surface area is 88.6 Å². The lowest BCUT2D eigenvalue weighted by Gasteiger charge is -2.28. The first-order valence-electron chi connectivity index (χ1n) is 5.00. The lowest BCUT2D eigenvalue weighted by molar-refractivity contribution is 0.00507. The normalized spacial score (nSPS) is 24.8. The first-order valence-corrected chi connectivity index (χ1v) is 5.00. The standard InChI is InChI=1S/C11H14N2O2/c1-3-11(2)12-9-7-5-4-6-8(9)10(14)15-13-11/h4-7,12-13H,3H2,1-2H3/t11-/m1/s1. The van der Waals surface area contributed by atoms with Gasteiger partial charge in [-0.15, -0.1) is 5.48 Å². The monoisotopic (exact) mass is 206 g/mol. The molecule has 2 rings (SSSR count). The molecule has 1 heterocycles. The zero-order valence-electron chi connectivity index (χ0n) is 8.83. The molecule has 0 bridgehead atoms. The molecule has 0 saturated carbocycles. The molecule has 4 heteroatoms. The minimum atomic E-state index is -0.414. The fraction of sp³-hybridized carbons (Fsp3) is 0.364. The SMILES string of the molecule is CC[C@@]1(C)NOC(=O)c2ccccc2N1. The second-order valence-electron chi connectivity index (χ2n) is 3.85. The first-order chi connectivity index (χ1) is 7.14. The van der Waals surface area contributed by atoms with Gasteiger partial charge in [-0.05, 0) is 25.5 Å². The molecule has 4 nitrogen and oxygen atoms in total. The zero-order chi connectivity index (χ0) is 10.9. The molecule has 0 aliphatic carbocycles. The van der Waals surface area contributed by atoms with Crippen molar-refractivity contribution in [3.8, 4) is 0 Å². The highest BCUT2D eigenvalue weighted by molar-refractivity contribution is 5.96. The minimum absolute atomic E-state index is 0.352. The van der Waals surface area contributed by atoms with Gasteiger partial charge in [0.2, 0.25) is 0 Å². The van der Waals surface area contributed by atoms with Crippen LogP contribution in [0, 0.1) is 0 Å². The Morgan fingerprint density at radius 3 is 2.87 bits per heavy atom. The maximum atomic E-state index is 11.6. The van der Waals surface area contributed by atoms with Crippen molar-refractivity contribution in [2.45, 2.75) is 25.9 Å². The number of nitrogens with one attached hydrogen (secondary N) is 2. The number of rotatable bonds is 1. The number of carbonyl (C=O) groups excluding carboxylic acids is 1. The van der Waals surface area contributed by atoms with Crippen molar-refractivity contribution >= 4 is 11.7 Å². The lowest BCUT2D eigenvalue weighted by Crippen LogP contribution is -2.47. The van der Waals surface area contributed by atoms with E-state index in [1.54, 1.807) is 6.07 Å². The molecule has 1 aliphatic rings. The first kappa shape index (κ1) is 9.98. The summed E-state index contributed by atoms with van der Waals surface area (Å²) in [5.74, 6) is -0.352. The molecule has 0 fully saturated rings. The Morgan fingerprint density at radius 1 is 1.40 bits per heavy atom. The van der Waals surface area contributed by atoms with Crippen molar-refractivity contribution < 1.29 is 9.63 Å². The van der Waals surface area contributed by atoms with Gasteiger partial charge in [0.15, 0.2) is 0 Å². The van der Waals surface area contributed by atoms with Crippen LogP contribution in [0.4, 0.5) is 5.69 Å². The Kier molecular flexibility index (Phi) is 2.36. The highest BCUT2D eigenvalue weighted by atomic mass is 16.7. The number of carbonyl (C=O) groups is 1. The second kappa shape index (κ2) is 3.55. The van der Waals surface area contributed by atoms with E-state index in [2.05, 4.69) is 10.8 Å². The van der Waals surface area contributed by atoms with E-state index < -0.39 is 5.66 Å². The van der Waals surface area contributed by atoms with Crippen molar-refractivity contribution in [1.82, 2.24) is 5.48 Å². The predicted octanol–water partition coefficient (Wildman–Crippen LogP) is 1.90. The number of fused-ring (bicyclic) bond motifs is 1. The molecule has 1 atom stereocenters. The molecule has 0 saturated heterocycles. The number of hydroxylamine groups is 1. The number of anilines is 1. The quantitative estimate of drug-likeness (QED) is 0.736. The van der Waals surface area contributed by atoms with Crippen LogP contribution < -0.4 is 10.8 Å². The molecule has 0 unspecified atom stereocenters. The average Bonchev–Trinajstić information content (AvgIpc) is 2.38. The van der Waals surface area contributed by atoms with Gasteiger partial charge in [0.25, 0.3) is 0 Å². The van der Waals surface area contributed by atoms with Gasteiger partial charge in [0, 0.05) is 0 Å².